The first-order valence-electron chi connectivity index (χ1n) is 10.1. The van der Waals surface area contributed by atoms with Crippen LogP contribution < -0.4 is 19.8 Å². The number of methoxy groups -OCH3 is 2. The lowest BCUT2D eigenvalue weighted by Gasteiger charge is -2.30. The Bertz CT molecular complexity index is 1360. The first kappa shape index (κ1) is 19.5. The Balaban J connectivity index is 1.54. The average Bonchev–Trinajstić information content (AvgIpc) is 2.80. The molecule has 2 heterocycles. The highest BCUT2D eigenvalue weighted by Gasteiger charge is 2.24. The van der Waals surface area contributed by atoms with Crippen molar-refractivity contribution in [2.45, 2.75) is 20.0 Å². The standard InChI is InChI=1S/C25H23NO5/c1-15-23-17(10-21-19-6-4-5-7-20(19)25(27)31-24(15)21)13-26(14-30-23)12-16-8-9-18(28-2)11-22(16)29-3/h4-11H,12-14H2,1-3H3. The van der Waals surface area contributed by atoms with E-state index in [9.17, 15) is 4.79 Å². The van der Waals surface area contributed by atoms with E-state index in [0.717, 1.165) is 51.3 Å². The third-order valence-corrected chi connectivity index (χ3v) is 5.84. The molecule has 0 unspecified atom stereocenters. The molecule has 1 aliphatic heterocycles. The summed E-state index contributed by atoms with van der Waals surface area (Å²) >= 11 is 0. The molecule has 4 aromatic rings. The molecule has 1 aromatic heterocycles. The number of fused-ring (bicyclic) bond motifs is 4. The van der Waals surface area contributed by atoms with E-state index in [1.165, 1.54) is 0 Å². The van der Waals surface area contributed by atoms with Crippen LogP contribution in [0.1, 0.15) is 16.7 Å². The van der Waals surface area contributed by atoms with Gasteiger partial charge < -0.3 is 18.6 Å². The van der Waals surface area contributed by atoms with Crippen LogP contribution in [-0.4, -0.2) is 25.9 Å². The SMILES string of the molecule is COc1ccc(CN2COc3c(cc4c(oc(=O)c5ccccc54)c3C)C2)c(OC)c1. The summed E-state index contributed by atoms with van der Waals surface area (Å²) in [4.78, 5) is 14.6. The van der Waals surface area contributed by atoms with Crippen molar-refractivity contribution >= 4 is 21.7 Å². The smallest absolute Gasteiger partial charge is 0.344 e. The zero-order valence-electron chi connectivity index (χ0n) is 17.7. The lowest BCUT2D eigenvalue weighted by atomic mass is 10.00. The first-order chi connectivity index (χ1) is 15.1. The predicted molar refractivity (Wildman–Crippen MR) is 119 cm³/mol. The van der Waals surface area contributed by atoms with E-state index in [4.69, 9.17) is 18.6 Å². The Morgan fingerprint density at radius 2 is 1.81 bits per heavy atom. The third-order valence-electron chi connectivity index (χ3n) is 5.84. The fourth-order valence-corrected chi connectivity index (χ4v) is 4.31. The van der Waals surface area contributed by atoms with Gasteiger partial charge in [-0.05, 0) is 30.5 Å². The molecular weight excluding hydrogens is 394 g/mol. The van der Waals surface area contributed by atoms with E-state index >= 15 is 0 Å². The fourth-order valence-electron chi connectivity index (χ4n) is 4.31. The van der Waals surface area contributed by atoms with Gasteiger partial charge in [0.1, 0.15) is 29.6 Å². The van der Waals surface area contributed by atoms with Crippen molar-refractivity contribution in [3.8, 4) is 17.2 Å². The van der Waals surface area contributed by atoms with Gasteiger partial charge >= 0.3 is 5.63 Å². The van der Waals surface area contributed by atoms with Crippen LogP contribution in [0.25, 0.3) is 21.7 Å². The summed E-state index contributed by atoms with van der Waals surface area (Å²) in [6.45, 7) is 3.77. The van der Waals surface area contributed by atoms with Gasteiger partial charge in [0.05, 0.1) is 19.6 Å². The van der Waals surface area contributed by atoms with Crippen LogP contribution in [0.4, 0.5) is 0 Å². The number of hydrogen-bond acceptors (Lipinski definition) is 6. The third kappa shape index (κ3) is 3.29. The number of nitrogens with zero attached hydrogens (tertiary/aromatic N) is 1. The molecular formula is C25H23NO5. The Morgan fingerprint density at radius 3 is 2.58 bits per heavy atom. The number of ether oxygens (including phenoxy) is 3. The van der Waals surface area contributed by atoms with Crippen LogP contribution in [0, 0.1) is 6.92 Å². The number of aryl methyl sites for hydroxylation is 1. The van der Waals surface area contributed by atoms with E-state index < -0.39 is 0 Å². The van der Waals surface area contributed by atoms with Gasteiger partial charge in [0.2, 0.25) is 0 Å². The molecule has 1 aliphatic rings. The molecule has 5 rings (SSSR count). The van der Waals surface area contributed by atoms with Crippen LogP contribution in [0.5, 0.6) is 17.2 Å². The molecule has 0 bridgehead atoms. The van der Waals surface area contributed by atoms with Crippen molar-refractivity contribution in [1.82, 2.24) is 4.90 Å². The maximum Gasteiger partial charge on any atom is 0.344 e. The molecule has 31 heavy (non-hydrogen) atoms. The highest BCUT2D eigenvalue weighted by Crippen LogP contribution is 2.37. The van der Waals surface area contributed by atoms with Crippen molar-refractivity contribution in [3.63, 3.8) is 0 Å². The summed E-state index contributed by atoms with van der Waals surface area (Å²) in [7, 11) is 3.30. The number of benzene rings is 3. The lowest BCUT2D eigenvalue weighted by molar-refractivity contribution is 0.0874. The Morgan fingerprint density at radius 1 is 1.00 bits per heavy atom. The molecule has 0 N–H and O–H groups in total. The number of hydrogen-bond donors (Lipinski definition) is 0. The zero-order chi connectivity index (χ0) is 21.5. The summed E-state index contributed by atoms with van der Waals surface area (Å²) in [5, 5.41) is 2.42. The average molecular weight is 417 g/mol. The maximum absolute atomic E-state index is 12.4. The topological polar surface area (TPSA) is 61.1 Å². The predicted octanol–water partition coefficient (Wildman–Crippen LogP) is 4.62. The van der Waals surface area contributed by atoms with Gasteiger partial charge in [-0.3, -0.25) is 4.90 Å². The molecule has 0 radical (unpaired) electrons. The minimum absolute atomic E-state index is 0.324. The second kappa shape index (κ2) is 7.63. The minimum atomic E-state index is -0.324. The largest absolute Gasteiger partial charge is 0.497 e. The molecule has 0 saturated heterocycles. The Hall–Kier alpha value is -3.51. The van der Waals surface area contributed by atoms with Gasteiger partial charge in [-0.15, -0.1) is 0 Å². The van der Waals surface area contributed by atoms with Crippen LogP contribution in [0.2, 0.25) is 0 Å². The van der Waals surface area contributed by atoms with Gasteiger partial charge in [-0.1, -0.05) is 24.3 Å². The first-order valence-corrected chi connectivity index (χ1v) is 10.1. The summed E-state index contributed by atoms with van der Waals surface area (Å²) in [5.41, 5.74) is 3.26. The molecule has 0 saturated carbocycles. The molecule has 0 atom stereocenters. The summed E-state index contributed by atoms with van der Waals surface area (Å²) in [5.74, 6) is 2.34. The second-order valence-electron chi connectivity index (χ2n) is 7.74. The van der Waals surface area contributed by atoms with Crippen molar-refractivity contribution in [1.29, 1.82) is 0 Å². The second-order valence-corrected chi connectivity index (χ2v) is 7.74. The molecule has 6 heteroatoms. The monoisotopic (exact) mass is 417 g/mol. The van der Waals surface area contributed by atoms with Crippen molar-refractivity contribution in [2.24, 2.45) is 0 Å². The molecule has 0 fully saturated rings. The van der Waals surface area contributed by atoms with Crippen LogP contribution in [0.3, 0.4) is 0 Å². The van der Waals surface area contributed by atoms with Gasteiger partial charge in [0.25, 0.3) is 0 Å². The molecule has 0 amide bonds. The van der Waals surface area contributed by atoms with E-state index in [2.05, 4.69) is 11.0 Å². The van der Waals surface area contributed by atoms with Gasteiger partial charge in [0, 0.05) is 41.2 Å². The summed E-state index contributed by atoms with van der Waals surface area (Å²) < 4.78 is 22.6. The molecule has 0 aliphatic carbocycles. The maximum atomic E-state index is 12.4. The highest BCUT2D eigenvalue weighted by molar-refractivity contribution is 6.06. The zero-order valence-corrected chi connectivity index (χ0v) is 17.7. The normalized spacial score (nSPS) is 13.8. The van der Waals surface area contributed by atoms with E-state index in [1.807, 2.05) is 43.3 Å². The Labute approximate surface area is 179 Å². The van der Waals surface area contributed by atoms with Gasteiger partial charge in [0.15, 0.2) is 0 Å². The molecule has 0 spiro atoms. The van der Waals surface area contributed by atoms with Crippen LogP contribution >= 0.6 is 0 Å². The van der Waals surface area contributed by atoms with E-state index in [1.54, 1.807) is 20.3 Å². The Kier molecular flexibility index (Phi) is 4.79. The van der Waals surface area contributed by atoms with Crippen molar-refractivity contribution in [2.75, 3.05) is 21.0 Å². The van der Waals surface area contributed by atoms with Crippen molar-refractivity contribution < 1.29 is 18.6 Å². The molecule has 158 valence electrons. The van der Waals surface area contributed by atoms with Crippen molar-refractivity contribution in [3.05, 3.63) is 75.6 Å². The molecule has 3 aromatic carbocycles. The van der Waals surface area contributed by atoms with E-state index in [-0.39, 0.29) is 5.63 Å². The van der Waals surface area contributed by atoms with Crippen LogP contribution in [-0.2, 0) is 13.1 Å². The quantitative estimate of drug-likeness (QED) is 0.357. The summed E-state index contributed by atoms with van der Waals surface area (Å²) in [6, 6.07) is 15.5. The minimum Gasteiger partial charge on any atom is -0.497 e. The van der Waals surface area contributed by atoms with Gasteiger partial charge in [-0.25, -0.2) is 4.79 Å². The fraction of sp³-hybridized carbons (Fsp3) is 0.240. The van der Waals surface area contributed by atoms with Crippen LogP contribution in [0.15, 0.2) is 57.7 Å². The van der Waals surface area contributed by atoms with Gasteiger partial charge in [-0.2, -0.15) is 0 Å². The lowest BCUT2D eigenvalue weighted by Crippen LogP contribution is -2.32. The summed E-state index contributed by atoms with van der Waals surface area (Å²) in [6.07, 6.45) is 0. The highest BCUT2D eigenvalue weighted by atomic mass is 16.5. The number of rotatable bonds is 4. The van der Waals surface area contributed by atoms with E-state index in [0.29, 0.717) is 24.2 Å². The molecule has 6 nitrogen and oxygen atoms in total.